The lowest BCUT2D eigenvalue weighted by Gasteiger charge is -2.08. The number of benzene rings is 1. The molecule has 1 aromatic rings. The van der Waals surface area contributed by atoms with E-state index in [0.29, 0.717) is 11.4 Å². The topological polar surface area (TPSA) is 63.3 Å². The van der Waals surface area contributed by atoms with E-state index in [1.54, 1.807) is 12.1 Å². The Morgan fingerprint density at radius 1 is 1.64 bits per heavy atom. The van der Waals surface area contributed by atoms with E-state index >= 15 is 0 Å². The Bertz CT molecular complexity index is 350. The van der Waals surface area contributed by atoms with Crippen LogP contribution >= 0.6 is 11.6 Å². The van der Waals surface area contributed by atoms with Gasteiger partial charge in [-0.25, -0.2) is 4.79 Å². The van der Waals surface area contributed by atoms with E-state index in [-0.39, 0.29) is 11.6 Å². The Labute approximate surface area is 87.5 Å². The summed E-state index contributed by atoms with van der Waals surface area (Å²) in [4.78, 5) is 10.7. The van der Waals surface area contributed by atoms with Gasteiger partial charge in [0.1, 0.15) is 0 Å². The lowest BCUT2D eigenvalue weighted by molar-refractivity contribution is 0.0697. The number of carboxylic acid groups (broad SMARTS) is 1. The minimum absolute atomic E-state index is 0.0310. The first-order chi connectivity index (χ1) is 6.50. The van der Waals surface area contributed by atoms with Crippen LogP contribution in [-0.2, 0) is 6.42 Å². The number of rotatable bonds is 3. The zero-order valence-corrected chi connectivity index (χ0v) is 8.58. The van der Waals surface area contributed by atoms with Crippen molar-refractivity contribution < 1.29 is 9.90 Å². The maximum absolute atomic E-state index is 10.7. The molecule has 0 aliphatic heterocycles. The van der Waals surface area contributed by atoms with Crippen LogP contribution in [0.3, 0.4) is 0 Å². The van der Waals surface area contributed by atoms with Crippen LogP contribution in [0.25, 0.3) is 0 Å². The van der Waals surface area contributed by atoms with Crippen molar-refractivity contribution in [3.63, 3.8) is 0 Å². The average Bonchev–Trinajstić information content (AvgIpc) is 2.07. The third-order valence-electron chi connectivity index (χ3n) is 1.83. The van der Waals surface area contributed by atoms with Gasteiger partial charge in [-0.1, -0.05) is 11.6 Å². The molecular weight excluding hydrogens is 202 g/mol. The van der Waals surface area contributed by atoms with E-state index in [1.165, 1.54) is 6.07 Å². The maximum Gasteiger partial charge on any atom is 0.335 e. The minimum atomic E-state index is -0.951. The smallest absolute Gasteiger partial charge is 0.335 e. The number of hydrogen-bond donors (Lipinski definition) is 2. The third kappa shape index (κ3) is 2.72. The first-order valence-electron chi connectivity index (χ1n) is 4.28. The Morgan fingerprint density at radius 3 is 2.79 bits per heavy atom. The number of hydrogen-bond acceptors (Lipinski definition) is 2. The first-order valence-corrected chi connectivity index (χ1v) is 4.66. The molecular formula is C10H12ClNO2. The molecule has 0 aliphatic carbocycles. The molecule has 0 aromatic heterocycles. The highest BCUT2D eigenvalue weighted by Gasteiger charge is 2.08. The largest absolute Gasteiger partial charge is 0.478 e. The highest BCUT2D eigenvalue weighted by molar-refractivity contribution is 6.31. The molecule has 3 nitrogen and oxygen atoms in total. The Morgan fingerprint density at radius 2 is 2.29 bits per heavy atom. The Hall–Kier alpha value is -1.06. The van der Waals surface area contributed by atoms with Crippen LogP contribution in [-0.4, -0.2) is 17.1 Å². The van der Waals surface area contributed by atoms with Crippen LogP contribution in [0.5, 0.6) is 0 Å². The van der Waals surface area contributed by atoms with Gasteiger partial charge in [0.25, 0.3) is 0 Å². The highest BCUT2D eigenvalue weighted by Crippen LogP contribution is 2.18. The molecule has 0 spiro atoms. The van der Waals surface area contributed by atoms with Gasteiger partial charge in [0.2, 0.25) is 0 Å². The third-order valence-corrected chi connectivity index (χ3v) is 2.20. The highest BCUT2D eigenvalue weighted by atomic mass is 35.5. The Balaban J connectivity index is 3.02. The van der Waals surface area contributed by atoms with Gasteiger partial charge in [-0.3, -0.25) is 0 Å². The molecule has 3 N–H and O–H groups in total. The average molecular weight is 214 g/mol. The standard InChI is InChI=1S/C10H12ClNO2/c1-6(12)4-8-5-7(10(13)14)2-3-9(8)11/h2-3,5-6H,4,12H2,1H3,(H,13,14)/t6-/m1/s1. The molecule has 0 bridgehead atoms. The maximum atomic E-state index is 10.7. The summed E-state index contributed by atoms with van der Waals surface area (Å²) in [5.74, 6) is -0.951. The SMILES string of the molecule is C[C@@H](N)Cc1cc(C(=O)O)ccc1Cl. The van der Waals surface area contributed by atoms with Crippen molar-refractivity contribution in [2.45, 2.75) is 19.4 Å². The predicted octanol–water partition coefficient (Wildman–Crippen LogP) is 1.93. The normalized spacial score (nSPS) is 12.5. The quantitative estimate of drug-likeness (QED) is 0.807. The van der Waals surface area contributed by atoms with Crippen molar-refractivity contribution in [2.24, 2.45) is 5.73 Å². The summed E-state index contributed by atoms with van der Waals surface area (Å²) in [5, 5.41) is 9.32. The first kappa shape index (κ1) is 11.0. The molecule has 4 heteroatoms. The molecule has 0 heterocycles. The lowest BCUT2D eigenvalue weighted by atomic mass is 10.0. The van der Waals surface area contributed by atoms with E-state index in [0.717, 1.165) is 5.56 Å². The molecule has 1 atom stereocenters. The molecule has 14 heavy (non-hydrogen) atoms. The molecule has 1 aromatic carbocycles. The van der Waals surface area contributed by atoms with Gasteiger partial charge in [-0.2, -0.15) is 0 Å². The van der Waals surface area contributed by atoms with E-state index in [9.17, 15) is 4.79 Å². The van der Waals surface area contributed by atoms with Gasteiger partial charge in [-0.05, 0) is 37.1 Å². The second-order valence-corrected chi connectivity index (χ2v) is 3.70. The molecule has 0 saturated carbocycles. The predicted molar refractivity (Wildman–Crippen MR) is 55.8 cm³/mol. The second kappa shape index (κ2) is 4.44. The summed E-state index contributed by atoms with van der Waals surface area (Å²) in [5.41, 5.74) is 6.63. The number of aromatic carboxylic acids is 1. The molecule has 0 saturated heterocycles. The van der Waals surface area contributed by atoms with Crippen LogP contribution in [0.2, 0.25) is 5.02 Å². The van der Waals surface area contributed by atoms with Crippen LogP contribution in [0.1, 0.15) is 22.8 Å². The van der Waals surface area contributed by atoms with Crippen molar-refractivity contribution >= 4 is 17.6 Å². The number of halogens is 1. The summed E-state index contributed by atoms with van der Waals surface area (Å²) >= 11 is 5.90. The fourth-order valence-corrected chi connectivity index (χ4v) is 1.41. The van der Waals surface area contributed by atoms with Gasteiger partial charge in [0, 0.05) is 11.1 Å². The van der Waals surface area contributed by atoms with E-state index in [1.807, 2.05) is 6.92 Å². The molecule has 0 radical (unpaired) electrons. The fourth-order valence-electron chi connectivity index (χ4n) is 1.21. The van der Waals surface area contributed by atoms with Gasteiger partial charge in [-0.15, -0.1) is 0 Å². The molecule has 0 fully saturated rings. The number of carboxylic acids is 1. The molecule has 0 amide bonds. The van der Waals surface area contributed by atoms with Crippen molar-refractivity contribution in [3.8, 4) is 0 Å². The van der Waals surface area contributed by atoms with Gasteiger partial charge >= 0.3 is 5.97 Å². The summed E-state index contributed by atoms with van der Waals surface area (Å²) in [6, 6.07) is 4.60. The monoisotopic (exact) mass is 213 g/mol. The lowest BCUT2D eigenvalue weighted by Crippen LogP contribution is -2.18. The van der Waals surface area contributed by atoms with Crippen molar-refractivity contribution in [1.29, 1.82) is 0 Å². The summed E-state index contributed by atoms with van der Waals surface area (Å²) < 4.78 is 0. The minimum Gasteiger partial charge on any atom is -0.478 e. The van der Waals surface area contributed by atoms with Crippen molar-refractivity contribution in [1.82, 2.24) is 0 Å². The number of nitrogens with two attached hydrogens (primary N) is 1. The second-order valence-electron chi connectivity index (χ2n) is 3.29. The zero-order valence-electron chi connectivity index (χ0n) is 7.83. The summed E-state index contributed by atoms with van der Waals surface area (Å²) in [6.07, 6.45) is 0.583. The van der Waals surface area contributed by atoms with Crippen molar-refractivity contribution in [2.75, 3.05) is 0 Å². The van der Waals surface area contributed by atoms with Gasteiger partial charge in [0.15, 0.2) is 0 Å². The zero-order chi connectivity index (χ0) is 10.7. The van der Waals surface area contributed by atoms with E-state index in [2.05, 4.69) is 0 Å². The fraction of sp³-hybridized carbons (Fsp3) is 0.300. The molecule has 1 rings (SSSR count). The van der Waals surface area contributed by atoms with Crippen LogP contribution in [0.4, 0.5) is 0 Å². The molecule has 0 aliphatic rings. The summed E-state index contributed by atoms with van der Waals surface area (Å²) in [6.45, 7) is 1.85. The van der Waals surface area contributed by atoms with Crippen molar-refractivity contribution in [3.05, 3.63) is 34.3 Å². The van der Waals surface area contributed by atoms with Gasteiger partial charge in [0.05, 0.1) is 5.56 Å². The van der Waals surface area contributed by atoms with E-state index < -0.39 is 5.97 Å². The van der Waals surface area contributed by atoms with Crippen LogP contribution in [0.15, 0.2) is 18.2 Å². The van der Waals surface area contributed by atoms with E-state index in [4.69, 9.17) is 22.4 Å². The molecule has 0 unspecified atom stereocenters. The van der Waals surface area contributed by atoms with Gasteiger partial charge < -0.3 is 10.8 Å². The number of carbonyl (C=O) groups is 1. The molecule has 76 valence electrons. The van der Waals surface area contributed by atoms with Crippen LogP contribution in [0, 0.1) is 0 Å². The Kier molecular flexibility index (Phi) is 3.49. The summed E-state index contributed by atoms with van der Waals surface area (Å²) in [7, 11) is 0. The van der Waals surface area contributed by atoms with Crippen LogP contribution < -0.4 is 5.73 Å².